The van der Waals surface area contributed by atoms with Crippen LogP contribution in [0, 0.1) is 5.92 Å². The fourth-order valence-electron chi connectivity index (χ4n) is 1.41. The predicted molar refractivity (Wildman–Crippen MR) is 65.8 cm³/mol. The highest BCUT2D eigenvalue weighted by atomic mass is 16.5. The van der Waals surface area contributed by atoms with Gasteiger partial charge in [0.2, 0.25) is 0 Å². The molecule has 0 spiro atoms. The summed E-state index contributed by atoms with van der Waals surface area (Å²) in [7, 11) is 0. The largest absolute Gasteiger partial charge is 0.493 e. The van der Waals surface area contributed by atoms with E-state index < -0.39 is 0 Å². The third-order valence-electron chi connectivity index (χ3n) is 2.57. The Morgan fingerprint density at radius 1 is 1.38 bits per heavy atom. The van der Waals surface area contributed by atoms with Gasteiger partial charge >= 0.3 is 0 Å². The number of Topliss-reactive ketones (excluding diaryl/α,β-unsaturated/α-hetero) is 1. The van der Waals surface area contributed by atoms with Crippen LogP contribution in [-0.4, -0.2) is 12.4 Å². The monoisotopic (exact) mass is 220 g/mol. The molecule has 2 nitrogen and oxygen atoms in total. The van der Waals surface area contributed by atoms with E-state index in [1.54, 1.807) is 0 Å². The lowest BCUT2D eigenvalue weighted by Crippen LogP contribution is -2.11. The van der Waals surface area contributed by atoms with Crippen LogP contribution in [-0.2, 0) is 11.2 Å². The molecule has 0 saturated carbocycles. The van der Waals surface area contributed by atoms with Crippen LogP contribution in [0.3, 0.4) is 0 Å². The predicted octanol–water partition coefficient (Wildman–Crippen LogP) is 3.24. The summed E-state index contributed by atoms with van der Waals surface area (Å²) < 4.78 is 5.55. The minimum atomic E-state index is 0.102. The van der Waals surface area contributed by atoms with Crippen molar-refractivity contribution in [3.8, 4) is 5.75 Å². The zero-order chi connectivity index (χ0) is 12.0. The van der Waals surface area contributed by atoms with Gasteiger partial charge in [0.1, 0.15) is 11.5 Å². The number of hydrogen-bond donors (Lipinski definition) is 0. The van der Waals surface area contributed by atoms with Gasteiger partial charge in [-0.05, 0) is 24.1 Å². The molecule has 0 radical (unpaired) electrons. The number of rotatable bonds is 6. The molecule has 0 aliphatic heterocycles. The average molecular weight is 220 g/mol. The maximum Gasteiger partial charge on any atom is 0.138 e. The summed E-state index contributed by atoms with van der Waals surface area (Å²) >= 11 is 0. The number of carbonyl (C=O) groups is 1. The van der Waals surface area contributed by atoms with Crippen molar-refractivity contribution in [2.45, 2.75) is 33.6 Å². The highest BCUT2D eigenvalue weighted by Gasteiger charge is 2.06. The van der Waals surface area contributed by atoms with Crippen LogP contribution in [0.5, 0.6) is 5.75 Å². The molecule has 0 aliphatic carbocycles. The fourth-order valence-corrected chi connectivity index (χ4v) is 1.41. The summed E-state index contributed by atoms with van der Waals surface area (Å²) in [4.78, 5) is 11.4. The van der Waals surface area contributed by atoms with Crippen LogP contribution < -0.4 is 4.74 Å². The van der Waals surface area contributed by atoms with Crippen LogP contribution in [0.25, 0.3) is 0 Å². The first kappa shape index (κ1) is 12.8. The van der Waals surface area contributed by atoms with Gasteiger partial charge in [0, 0.05) is 12.3 Å². The lowest BCUT2D eigenvalue weighted by atomic mass is 10.1. The Morgan fingerprint density at radius 2 is 2.12 bits per heavy atom. The van der Waals surface area contributed by atoms with E-state index in [0.29, 0.717) is 13.0 Å². The normalized spacial score (nSPS) is 10.5. The van der Waals surface area contributed by atoms with Crippen molar-refractivity contribution in [2.75, 3.05) is 6.61 Å². The topological polar surface area (TPSA) is 26.3 Å². The van der Waals surface area contributed by atoms with E-state index >= 15 is 0 Å². The van der Waals surface area contributed by atoms with Crippen LogP contribution in [0.15, 0.2) is 24.3 Å². The molecule has 0 atom stereocenters. The maximum atomic E-state index is 11.4. The molecule has 2 heteroatoms. The van der Waals surface area contributed by atoms with E-state index in [1.807, 2.05) is 32.0 Å². The van der Waals surface area contributed by atoms with Gasteiger partial charge in [0.05, 0.1) is 6.61 Å². The maximum absolute atomic E-state index is 11.4. The lowest BCUT2D eigenvalue weighted by Gasteiger charge is -2.08. The van der Waals surface area contributed by atoms with Gasteiger partial charge in [0.15, 0.2) is 0 Å². The lowest BCUT2D eigenvalue weighted by molar-refractivity contribution is -0.122. The number of benzene rings is 1. The summed E-state index contributed by atoms with van der Waals surface area (Å²) in [5.74, 6) is 1.22. The van der Waals surface area contributed by atoms with E-state index in [0.717, 1.165) is 12.2 Å². The van der Waals surface area contributed by atoms with Gasteiger partial charge in [-0.2, -0.15) is 0 Å². The summed E-state index contributed by atoms with van der Waals surface area (Å²) in [6.07, 6.45) is 1.50. The summed E-state index contributed by atoms with van der Waals surface area (Å²) in [5.41, 5.74) is 1.26. The van der Waals surface area contributed by atoms with Crippen LogP contribution in [0.1, 0.15) is 32.8 Å². The molecule has 0 aliphatic rings. The van der Waals surface area contributed by atoms with Gasteiger partial charge in [-0.1, -0.05) is 32.9 Å². The van der Waals surface area contributed by atoms with Crippen molar-refractivity contribution >= 4 is 5.78 Å². The molecule has 0 bridgehead atoms. The van der Waals surface area contributed by atoms with Crippen LogP contribution in [0.2, 0.25) is 0 Å². The van der Waals surface area contributed by atoms with Crippen LogP contribution in [0.4, 0.5) is 0 Å². The Hall–Kier alpha value is -1.31. The highest BCUT2D eigenvalue weighted by Crippen LogP contribution is 2.14. The third kappa shape index (κ3) is 4.05. The molecule has 0 N–H and O–H groups in total. The molecule has 16 heavy (non-hydrogen) atoms. The van der Waals surface area contributed by atoms with Crippen molar-refractivity contribution in [1.29, 1.82) is 0 Å². The molecular formula is C14H20O2. The quantitative estimate of drug-likeness (QED) is 0.735. The standard InChI is InChI=1S/C14H20O2/c1-4-12-6-5-7-13(10-12)16-9-8-14(15)11(2)3/h5-7,10-11H,4,8-9H2,1-3H3. The molecule has 0 unspecified atom stereocenters. The first-order valence-electron chi connectivity index (χ1n) is 5.88. The van der Waals surface area contributed by atoms with Crippen molar-refractivity contribution in [1.82, 2.24) is 0 Å². The molecule has 1 aromatic rings. The molecule has 1 aromatic carbocycles. The Morgan fingerprint density at radius 3 is 2.75 bits per heavy atom. The van der Waals surface area contributed by atoms with Gasteiger partial charge in [-0.25, -0.2) is 0 Å². The number of ketones is 1. The van der Waals surface area contributed by atoms with Gasteiger partial charge < -0.3 is 4.74 Å². The van der Waals surface area contributed by atoms with E-state index in [1.165, 1.54) is 5.56 Å². The number of aryl methyl sites for hydroxylation is 1. The highest BCUT2D eigenvalue weighted by molar-refractivity contribution is 5.80. The average Bonchev–Trinajstić information content (AvgIpc) is 2.29. The van der Waals surface area contributed by atoms with E-state index in [-0.39, 0.29) is 11.7 Å². The second-order valence-electron chi connectivity index (χ2n) is 4.22. The number of ether oxygens (including phenoxy) is 1. The van der Waals surface area contributed by atoms with E-state index in [2.05, 4.69) is 13.0 Å². The Labute approximate surface area is 97.6 Å². The van der Waals surface area contributed by atoms with Crippen molar-refractivity contribution in [3.63, 3.8) is 0 Å². The second kappa shape index (κ2) is 6.31. The van der Waals surface area contributed by atoms with Gasteiger partial charge in [-0.3, -0.25) is 4.79 Å². The molecule has 0 amide bonds. The minimum absolute atomic E-state index is 0.102. The Kier molecular flexibility index (Phi) is 5.03. The Balaban J connectivity index is 2.40. The summed E-state index contributed by atoms with van der Waals surface area (Å²) in [6.45, 7) is 6.42. The van der Waals surface area contributed by atoms with E-state index in [9.17, 15) is 4.79 Å². The van der Waals surface area contributed by atoms with Crippen molar-refractivity contribution < 1.29 is 9.53 Å². The molecular weight excluding hydrogens is 200 g/mol. The third-order valence-corrected chi connectivity index (χ3v) is 2.57. The minimum Gasteiger partial charge on any atom is -0.493 e. The summed E-state index contributed by atoms with van der Waals surface area (Å²) in [6, 6.07) is 8.02. The van der Waals surface area contributed by atoms with E-state index in [4.69, 9.17) is 4.74 Å². The molecule has 88 valence electrons. The molecule has 0 heterocycles. The molecule has 0 saturated heterocycles. The molecule has 0 fully saturated rings. The Bertz CT molecular complexity index is 342. The van der Waals surface area contributed by atoms with Crippen LogP contribution >= 0.6 is 0 Å². The van der Waals surface area contributed by atoms with Crippen molar-refractivity contribution in [3.05, 3.63) is 29.8 Å². The number of carbonyl (C=O) groups excluding carboxylic acids is 1. The smallest absolute Gasteiger partial charge is 0.138 e. The van der Waals surface area contributed by atoms with Gasteiger partial charge in [-0.15, -0.1) is 0 Å². The SMILES string of the molecule is CCc1cccc(OCCC(=O)C(C)C)c1. The number of hydrogen-bond acceptors (Lipinski definition) is 2. The zero-order valence-corrected chi connectivity index (χ0v) is 10.3. The van der Waals surface area contributed by atoms with Gasteiger partial charge in [0.25, 0.3) is 0 Å². The first-order chi connectivity index (χ1) is 7.63. The first-order valence-corrected chi connectivity index (χ1v) is 5.88. The zero-order valence-electron chi connectivity index (χ0n) is 10.3. The molecule has 0 aromatic heterocycles. The second-order valence-corrected chi connectivity index (χ2v) is 4.22. The summed E-state index contributed by atoms with van der Waals surface area (Å²) in [5, 5.41) is 0. The fraction of sp³-hybridized carbons (Fsp3) is 0.500. The molecule has 1 rings (SSSR count). The van der Waals surface area contributed by atoms with Crippen molar-refractivity contribution in [2.24, 2.45) is 5.92 Å².